The summed E-state index contributed by atoms with van der Waals surface area (Å²) in [5, 5.41) is 3.08. The van der Waals surface area contributed by atoms with Gasteiger partial charge in [0.25, 0.3) is 5.91 Å². The van der Waals surface area contributed by atoms with E-state index in [2.05, 4.69) is 15.3 Å². The van der Waals surface area contributed by atoms with Gasteiger partial charge in [0.2, 0.25) is 5.95 Å². The van der Waals surface area contributed by atoms with Gasteiger partial charge in [-0.3, -0.25) is 4.79 Å². The van der Waals surface area contributed by atoms with Gasteiger partial charge < -0.3 is 15.0 Å². The number of anilines is 1. The summed E-state index contributed by atoms with van der Waals surface area (Å²) in [5.41, 5.74) is 1.27. The molecule has 116 valence electrons. The fraction of sp³-hybridized carbons (Fsp3) is 0.667. The van der Waals surface area contributed by atoms with Gasteiger partial charge in [-0.2, -0.15) is 0 Å². The molecule has 1 fully saturated rings. The van der Waals surface area contributed by atoms with Crippen LogP contribution in [0.15, 0.2) is 6.07 Å². The van der Waals surface area contributed by atoms with Crippen LogP contribution in [-0.2, 0) is 4.74 Å². The fourth-order valence-electron chi connectivity index (χ4n) is 2.46. The van der Waals surface area contributed by atoms with Crippen molar-refractivity contribution in [2.24, 2.45) is 0 Å². The van der Waals surface area contributed by atoms with Crippen molar-refractivity contribution in [1.29, 1.82) is 0 Å². The number of methoxy groups -OCH3 is 1. The third kappa shape index (κ3) is 4.67. The van der Waals surface area contributed by atoms with Gasteiger partial charge in [-0.15, -0.1) is 0 Å². The molecule has 6 nitrogen and oxygen atoms in total. The molecule has 0 bridgehead atoms. The summed E-state index contributed by atoms with van der Waals surface area (Å²) in [6.07, 6.45) is 4.57. The molecule has 0 saturated carbocycles. The number of hydrogen-bond acceptors (Lipinski definition) is 5. The first-order valence-corrected chi connectivity index (χ1v) is 7.58. The number of amides is 1. The molecule has 1 aliphatic rings. The Morgan fingerprint density at radius 3 is 2.67 bits per heavy atom. The number of aromatic nitrogens is 2. The molecule has 1 saturated heterocycles. The number of carbonyl (C=O) groups is 1. The molecule has 0 spiro atoms. The van der Waals surface area contributed by atoms with Crippen molar-refractivity contribution in [3.63, 3.8) is 0 Å². The Kier molecular flexibility index (Phi) is 5.92. The van der Waals surface area contributed by atoms with Gasteiger partial charge in [-0.05, 0) is 25.8 Å². The summed E-state index contributed by atoms with van der Waals surface area (Å²) in [6, 6.07) is 1.76. The predicted molar refractivity (Wildman–Crippen MR) is 81.5 cm³/mol. The lowest BCUT2D eigenvalue weighted by molar-refractivity contribution is 0.0755. The summed E-state index contributed by atoms with van der Waals surface area (Å²) < 4.78 is 4.99. The first-order valence-electron chi connectivity index (χ1n) is 7.58. The molecule has 1 N–H and O–H groups in total. The van der Waals surface area contributed by atoms with E-state index in [1.165, 1.54) is 12.8 Å². The second-order valence-corrected chi connectivity index (χ2v) is 5.34. The highest BCUT2D eigenvalue weighted by Crippen LogP contribution is 2.14. The van der Waals surface area contributed by atoms with Gasteiger partial charge in [0.05, 0.1) is 6.61 Å². The van der Waals surface area contributed by atoms with E-state index in [1.54, 1.807) is 13.2 Å². The molecule has 6 heteroatoms. The molecular formula is C15H24N4O2. The van der Waals surface area contributed by atoms with Crippen LogP contribution in [0.4, 0.5) is 5.95 Å². The van der Waals surface area contributed by atoms with Crippen molar-refractivity contribution in [2.45, 2.75) is 32.6 Å². The number of likely N-dealkylation sites (tertiary alicyclic amines) is 1. The molecule has 1 aromatic rings. The van der Waals surface area contributed by atoms with Gasteiger partial charge >= 0.3 is 0 Å². The molecule has 0 atom stereocenters. The lowest BCUT2D eigenvalue weighted by atomic mass is 10.2. The highest BCUT2D eigenvalue weighted by atomic mass is 16.5. The first-order chi connectivity index (χ1) is 10.2. The molecule has 1 amide bonds. The molecule has 0 unspecified atom stereocenters. The van der Waals surface area contributed by atoms with Crippen molar-refractivity contribution in [1.82, 2.24) is 14.9 Å². The molecule has 21 heavy (non-hydrogen) atoms. The van der Waals surface area contributed by atoms with E-state index in [4.69, 9.17) is 4.74 Å². The highest BCUT2D eigenvalue weighted by Gasteiger charge is 2.19. The Hall–Kier alpha value is -1.69. The summed E-state index contributed by atoms with van der Waals surface area (Å²) in [5.74, 6) is 0.502. The van der Waals surface area contributed by atoms with E-state index >= 15 is 0 Å². The Balaban J connectivity index is 2.08. The Labute approximate surface area is 125 Å². The number of carbonyl (C=O) groups excluding carboxylic acids is 1. The normalized spacial score (nSPS) is 15.6. The summed E-state index contributed by atoms with van der Waals surface area (Å²) >= 11 is 0. The van der Waals surface area contributed by atoms with Crippen molar-refractivity contribution in [2.75, 3.05) is 38.7 Å². The summed E-state index contributed by atoms with van der Waals surface area (Å²) in [7, 11) is 1.65. The minimum Gasteiger partial charge on any atom is -0.383 e. The topological polar surface area (TPSA) is 67.3 Å². The molecule has 1 aromatic heterocycles. The number of hydrogen-bond donors (Lipinski definition) is 1. The van der Waals surface area contributed by atoms with Crippen LogP contribution < -0.4 is 5.32 Å². The highest BCUT2D eigenvalue weighted by molar-refractivity contribution is 5.92. The van der Waals surface area contributed by atoms with Gasteiger partial charge in [0, 0.05) is 32.4 Å². The number of nitrogens with one attached hydrogen (secondary N) is 1. The lowest BCUT2D eigenvalue weighted by Crippen LogP contribution is -2.32. The zero-order valence-corrected chi connectivity index (χ0v) is 12.9. The van der Waals surface area contributed by atoms with Gasteiger partial charge in [-0.25, -0.2) is 9.97 Å². The smallest absolute Gasteiger partial charge is 0.272 e. The molecule has 0 aromatic carbocycles. The van der Waals surface area contributed by atoms with E-state index in [-0.39, 0.29) is 5.91 Å². The van der Waals surface area contributed by atoms with Crippen LogP contribution in [0.1, 0.15) is 41.9 Å². The third-order valence-corrected chi connectivity index (χ3v) is 3.56. The average molecular weight is 292 g/mol. The van der Waals surface area contributed by atoms with E-state index in [9.17, 15) is 4.79 Å². The van der Waals surface area contributed by atoms with Gasteiger partial charge in [0.15, 0.2) is 0 Å². The Morgan fingerprint density at radius 1 is 1.29 bits per heavy atom. The predicted octanol–water partition coefficient (Wildman–Crippen LogP) is 1.86. The third-order valence-electron chi connectivity index (χ3n) is 3.56. The zero-order chi connectivity index (χ0) is 15.1. The largest absolute Gasteiger partial charge is 0.383 e. The van der Waals surface area contributed by atoms with E-state index < -0.39 is 0 Å². The SMILES string of the molecule is COCCNc1nc(C)cc(C(=O)N2CCCCCC2)n1. The molecular weight excluding hydrogens is 268 g/mol. The number of ether oxygens (including phenoxy) is 1. The second-order valence-electron chi connectivity index (χ2n) is 5.34. The molecule has 1 aliphatic heterocycles. The number of aryl methyl sites for hydroxylation is 1. The van der Waals surface area contributed by atoms with Gasteiger partial charge in [-0.1, -0.05) is 12.8 Å². The van der Waals surface area contributed by atoms with Crippen LogP contribution in [0.25, 0.3) is 0 Å². The maximum Gasteiger partial charge on any atom is 0.272 e. The number of rotatable bonds is 5. The van der Waals surface area contributed by atoms with Crippen molar-refractivity contribution < 1.29 is 9.53 Å². The van der Waals surface area contributed by atoms with Crippen molar-refractivity contribution in [3.8, 4) is 0 Å². The van der Waals surface area contributed by atoms with Gasteiger partial charge in [0.1, 0.15) is 5.69 Å². The molecule has 0 radical (unpaired) electrons. The Morgan fingerprint density at radius 2 is 2.00 bits per heavy atom. The van der Waals surface area contributed by atoms with E-state index in [0.29, 0.717) is 24.8 Å². The molecule has 2 heterocycles. The van der Waals surface area contributed by atoms with Crippen molar-refractivity contribution >= 4 is 11.9 Å². The van der Waals surface area contributed by atoms with Crippen molar-refractivity contribution in [3.05, 3.63) is 17.5 Å². The standard InChI is InChI=1S/C15H24N4O2/c1-12-11-13(18-15(17-12)16-7-10-21-2)14(20)19-8-5-3-4-6-9-19/h11H,3-10H2,1-2H3,(H,16,17,18). The average Bonchev–Trinajstić information content (AvgIpc) is 2.75. The van der Waals surface area contributed by atoms with Crippen LogP contribution in [-0.4, -0.2) is 54.1 Å². The minimum absolute atomic E-state index is 0.0113. The van der Waals surface area contributed by atoms with Crippen LogP contribution in [0, 0.1) is 6.92 Å². The monoisotopic (exact) mass is 292 g/mol. The summed E-state index contributed by atoms with van der Waals surface area (Å²) in [6.45, 7) is 4.73. The quantitative estimate of drug-likeness (QED) is 0.839. The second kappa shape index (κ2) is 7.93. The number of nitrogens with zero attached hydrogens (tertiary/aromatic N) is 3. The summed E-state index contributed by atoms with van der Waals surface area (Å²) in [4.78, 5) is 23.1. The van der Waals surface area contributed by atoms with Crippen LogP contribution >= 0.6 is 0 Å². The Bertz CT molecular complexity index is 471. The molecule has 0 aliphatic carbocycles. The van der Waals surface area contributed by atoms with E-state index in [0.717, 1.165) is 31.6 Å². The maximum absolute atomic E-state index is 12.6. The zero-order valence-electron chi connectivity index (χ0n) is 12.9. The van der Waals surface area contributed by atoms with Crippen LogP contribution in [0.5, 0.6) is 0 Å². The fourth-order valence-corrected chi connectivity index (χ4v) is 2.46. The minimum atomic E-state index is 0.0113. The van der Waals surface area contributed by atoms with Crippen LogP contribution in [0.3, 0.4) is 0 Å². The van der Waals surface area contributed by atoms with E-state index in [1.807, 2.05) is 11.8 Å². The maximum atomic E-state index is 12.6. The van der Waals surface area contributed by atoms with Crippen LogP contribution in [0.2, 0.25) is 0 Å². The lowest BCUT2D eigenvalue weighted by Gasteiger charge is -2.20. The molecule has 2 rings (SSSR count). The first kappa shape index (κ1) is 15.7.